The number of aryl methyl sites for hydroxylation is 1. The van der Waals surface area contributed by atoms with Crippen LogP contribution in [-0.4, -0.2) is 32.8 Å². The molecule has 180 valence electrons. The summed E-state index contributed by atoms with van der Waals surface area (Å²) >= 11 is 0. The van der Waals surface area contributed by atoms with E-state index in [1.54, 1.807) is 36.4 Å². The monoisotopic (exact) mass is 475 g/mol. The molecule has 0 aliphatic heterocycles. The highest BCUT2D eigenvalue weighted by molar-refractivity contribution is 7.86. The number of ether oxygens (including phenoxy) is 2. The fourth-order valence-corrected chi connectivity index (χ4v) is 4.58. The first-order valence-electron chi connectivity index (χ1n) is 11.2. The van der Waals surface area contributed by atoms with E-state index in [4.69, 9.17) is 13.7 Å². The second kappa shape index (κ2) is 10.6. The third kappa shape index (κ3) is 8.05. The van der Waals surface area contributed by atoms with Gasteiger partial charge in [-0.1, -0.05) is 17.7 Å². The Balaban J connectivity index is 1.42. The number of amides is 1. The van der Waals surface area contributed by atoms with E-state index < -0.39 is 21.8 Å². The largest absolute Gasteiger partial charge is 0.490 e. The van der Waals surface area contributed by atoms with Crippen LogP contribution in [0.15, 0.2) is 53.4 Å². The Labute approximate surface area is 196 Å². The van der Waals surface area contributed by atoms with Gasteiger partial charge in [-0.25, -0.2) is 4.79 Å². The first-order chi connectivity index (χ1) is 15.5. The van der Waals surface area contributed by atoms with Gasteiger partial charge in [0.15, 0.2) is 0 Å². The van der Waals surface area contributed by atoms with Gasteiger partial charge in [-0.05, 0) is 95.7 Å². The van der Waals surface area contributed by atoms with Crippen LogP contribution in [0.3, 0.4) is 0 Å². The highest BCUT2D eigenvalue weighted by Gasteiger charge is 2.25. The first-order valence-corrected chi connectivity index (χ1v) is 12.6. The number of hydrogen-bond acceptors (Lipinski definition) is 6. The van der Waals surface area contributed by atoms with Crippen LogP contribution < -0.4 is 10.1 Å². The van der Waals surface area contributed by atoms with Crippen LogP contribution >= 0.6 is 0 Å². The van der Waals surface area contributed by atoms with Crippen LogP contribution in [0.4, 0.5) is 10.5 Å². The molecule has 3 rings (SSSR count). The van der Waals surface area contributed by atoms with E-state index in [1.165, 1.54) is 0 Å². The molecular formula is C25H33NO6S. The van der Waals surface area contributed by atoms with Crippen LogP contribution in [0.5, 0.6) is 5.75 Å². The Morgan fingerprint density at radius 2 is 1.58 bits per heavy atom. The zero-order chi connectivity index (χ0) is 24.1. The van der Waals surface area contributed by atoms with Gasteiger partial charge in [-0.3, -0.25) is 9.50 Å². The molecule has 1 N–H and O–H groups in total. The van der Waals surface area contributed by atoms with Crippen molar-refractivity contribution >= 4 is 21.9 Å². The molecule has 0 aromatic heterocycles. The van der Waals surface area contributed by atoms with Crippen molar-refractivity contribution in [3.63, 3.8) is 0 Å². The maximum Gasteiger partial charge on any atom is 0.412 e. The van der Waals surface area contributed by atoms with Crippen LogP contribution in [-0.2, 0) is 19.0 Å². The van der Waals surface area contributed by atoms with Crippen molar-refractivity contribution in [2.24, 2.45) is 5.92 Å². The summed E-state index contributed by atoms with van der Waals surface area (Å²) in [5.41, 5.74) is 1.08. The smallest absolute Gasteiger partial charge is 0.412 e. The fraction of sp³-hybridized carbons (Fsp3) is 0.480. The molecule has 0 bridgehead atoms. The lowest BCUT2D eigenvalue weighted by atomic mass is 9.88. The molecule has 0 saturated heterocycles. The van der Waals surface area contributed by atoms with Crippen molar-refractivity contribution in [3.05, 3.63) is 54.1 Å². The van der Waals surface area contributed by atoms with Crippen molar-refractivity contribution < 1.29 is 26.9 Å². The van der Waals surface area contributed by atoms with E-state index in [1.807, 2.05) is 39.8 Å². The predicted molar refractivity (Wildman–Crippen MR) is 127 cm³/mol. The van der Waals surface area contributed by atoms with E-state index in [2.05, 4.69) is 5.32 Å². The number of hydrogen-bond donors (Lipinski definition) is 1. The molecule has 8 heteroatoms. The molecule has 0 unspecified atom stereocenters. The van der Waals surface area contributed by atoms with Gasteiger partial charge in [0, 0.05) is 5.69 Å². The van der Waals surface area contributed by atoms with Gasteiger partial charge in [-0.15, -0.1) is 0 Å². The maximum atomic E-state index is 12.4. The lowest BCUT2D eigenvalue weighted by Crippen LogP contribution is -2.27. The number of anilines is 1. The summed E-state index contributed by atoms with van der Waals surface area (Å²) in [5.74, 6) is 0.914. The third-order valence-corrected chi connectivity index (χ3v) is 6.66. The summed E-state index contributed by atoms with van der Waals surface area (Å²) in [4.78, 5) is 12.0. The van der Waals surface area contributed by atoms with E-state index in [-0.39, 0.29) is 23.5 Å². The van der Waals surface area contributed by atoms with Crippen molar-refractivity contribution in [2.75, 3.05) is 11.9 Å². The Kier molecular flexibility index (Phi) is 8.02. The van der Waals surface area contributed by atoms with E-state index in [0.717, 1.165) is 37.0 Å². The normalized spacial score (nSPS) is 19.0. The first kappa shape index (κ1) is 25.1. The number of nitrogens with one attached hydrogen (secondary N) is 1. The Morgan fingerprint density at radius 3 is 2.15 bits per heavy atom. The average Bonchev–Trinajstić information content (AvgIpc) is 2.74. The topological polar surface area (TPSA) is 90.9 Å². The Hall–Kier alpha value is -2.58. The molecular weight excluding hydrogens is 442 g/mol. The van der Waals surface area contributed by atoms with Crippen LogP contribution in [0.2, 0.25) is 0 Å². The van der Waals surface area contributed by atoms with Gasteiger partial charge in [-0.2, -0.15) is 8.42 Å². The quantitative estimate of drug-likeness (QED) is 0.518. The lowest BCUT2D eigenvalue weighted by molar-refractivity contribution is 0.0635. The summed E-state index contributed by atoms with van der Waals surface area (Å²) in [6, 6.07) is 13.8. The minimum Gasteiger partial charge on any atom is -0.490 e. The summed E-state index contributed by atoms with van der Waals surface area (Å²) in [6.45, 7) is 7.54. The minimum absolute atomic E-state index is 0.0691. The highest BCUT2D eigenvalue weighted by atomic mass is 32.2. The molecule has 1 fully saturated rings. The predicted octanol–water partition coefficient (Wildman–Crippen LogP) is 5.69. The zero-order valence-corrected chi connectivity index (χ0v) is 20.5. The molecule has 33 heavy (non-hydrogen) atoms. The van der Waals surface area contributed by atoms with E-state index >= 15 is 0 Å². The lowest BCUT2D eigenvalue weighted by Gasteiger charge is -2.28. The summed E-state index contributed by atoms with van der Waals surface area (Å²) < 4.78 is 41.4. The number of carbonyl (C=O) groups excluding carboxylic acids is 1. The van der Waals surface area contributed by atoms with Gasteiger partial charge in [0.2, 0.25) is 0 Å². The standard InChI is InChI=1S/C25H33NO6S/c1-18-5-15-23(16-6-18)33(28,29)30-17-19-7-11-21(12-8-19)31-22-13-9-20(10-14-22)26-24(27)32-25(2,3)4/h5-6,9-10,13-16,19,21H,7-8,11-12,17H2,1-4H3,(H,26,27). The van der Waals surface area contributed by atoms with Gasteiger partial charge in [0.05, 0.1) is 17.6 Å². The summed E-state index contributed by atoms with van der Waals surface area (Å²) in [7, 11) is -3.73. The highest BCUT2D eigenvalue weighted by Crippen LogP contribution is 2.29. The average molecular weight is 476 g/mol. The number of rotatable bonds is 7. The van der Waals surface area contributed by atoms with Crippen LogP contribution in [0.25, 0.3) is 0 Å². The molecule has 2 aromatic rings. The molecule has 0 spiro atoms. The summed E-state index contributed by atoms with van der Waals surface area (Å²) in [6.07, 6.45) is 2.91. The van der Waals surface area contributed by atoms with Crippen molar-refractivity contribution in [1.82, 2.24) is 0 Å². The SMILES string of the molecule is Cc1ccc(S(=O)(=O)OCC2CCC(Oc3ccc(NC(=O)OC(C)(C)C)cc3)CC2)cc1. The van der Waals surface area contributed by atoms with Gasteiger partial charge < -0.3 is 9.47 Å². The van der Waals surface area contributed by atoms with Crippen molar-refractivity contribution in [1.29, 1.82) is 0 Å². The van der Waals surface area contributed by atoms with Crippen molar-refractivity contribution in [3.8, 4) is 5.75 Å². The van der Waals surface area contributed by atoms with E-state index in [9.17, 15) is 13.2 Å². The molecule has 0 atom stereocenters. The van der Waals surface area contributed by atoms with Crippen LogP contribution in [0.1, 0.15) is 52.0 Å². The molecule has 0 radical (unpaired) electrons. The molecule has 0 heterocycles. The molecule has 1 amide bonds. The zero-order valence-electron chi connectivity index (χ0n) is 19.7. The Bertz CT molecular complexity index is 1020. The second-order valence-corrected chi connectivity index (χ2v) is 11.1. The van der Waals surface area contributed by atoms with Gasteiger partial charge in [0.25, 0.3) is 10.1 Å². The third-order valence-electron chi connectivity index (χ3n) is 5.36. The van der Waals surface area contributed by atoms with E-state index in [0.29, 0.717) is 5.69 Å². The van der Waals surface area contributed by atoms with Gasteiger partial charge in [0.1, 0.15) is 11.4 Å². The van der Waals surface area contributed by atoms with Crippen molar-refractivity contribution in [2.45, 2.75) is 70.0 Å². The summed E-state index contributed by atoms with van der Waals surface area (Å²) in [5, 5.41) is 2.70. The Morgan fingerprint density at radius 1 is 0.970 bits per heavy atom. The molecule has 7 nitrogen and oxygen atoms in total. The molecule has 1 aliphatic carbocycles. The maximum absolute atomic E-state index is 12.4. The number of carbonyl (C=O) groups is 1. The van der Waals surface area contributed by atoms with Crippen LogP contribution in [0, 0.1) is 12.8 Å². The molecule has 1 saturated carbocycles. The van der Waals surface area contributed by atoms with Gasteiger partial charge >= 0.3 is 6.09 Å². The fourth-order valence-electron chi connectivity index (χ4n) is 3.61. The second-order valence-electron chi connectivity index (χ2n) is 9.46. The number of benzene rings is 2. The molecule has 2 aromatic carbocycles. The minimum atomic E-state index is -3.73. The molecule has 1 aliphatic rings.